The van der Waals surface area contributed by atoms with Crippen LogP contribution in [0, 0.1) is 0 Å². The van der Waals surface area contributed by atoms with Gasteiger partial charge in [0, 0.05) is 15.7 Å². The Kier molecular flexibility index (Phi) is 3.97. The number of anilines is 1. The topological polar surface area (TPSA) is 52.3 Å². The van der Waals surface area contributed by atoms with Crippen molar-refractivity contribution in [3.63, 3.8) is 0 Å². The molecule has 16 heavy (non-hydrogen) atoms. The lowest BCUT2D eigenvalue weighted by atomic mass is 10.1. The lowest BCUT2D eigenvalue weighted by Crippen LogP contribution is -2.25. The summed E-state index contributed by atoms with van der Waals surface area (Å²) in [5, 5.41) is 0. The van der Waals surface area contributed by atoms with Crippen molar-refractivity contribution in [3.05, 3.63) is 28.2 Å². The Bertz CT molecular complexity index is 376. The van der Waals surface area contributed by atoms with Crippen LogP contribution >= 0.6 is 15.9 Å². The van der Waals surface area contributed by atoms with Gasteiger partial charge in [0.1, 0.15) is 5.60 Å². The van der Waals surface area contributed by atoms with Gasteiger partial charge < -0.3 is 10.5 Å². The number of nitrogen functional groups attached to an aromatic ring is 1. The van der Waals surface area contributed by atoms with Crippen molar-refractivity contribution < 1.29 is 9.53 Å². The summed E-state index contributed by atoms with van der Waals surface area (Å²) in [6.45, 7) is 5.52. The van der Waals surface area contributed by atoms with Crippen molar-refractivity contribution >= 4 is 27.6 Å². The third-order valence-electron chi connectivity index (χ3n) is 1.90. The molecule has 0 heterocycles. The Morgan fingerprint density at radius 3 is 2.56 bits per heavy atom. The van der Waals surface area contributed by atoms with Crippen molar-refractivity contribution in [2.45, 2.75) is 32.8 Å². The van der Waals surface area contributed by atoms with E-state index in [9.17, 15) is 4.79 Å². The van der Waals surface area contributed by atoms with E-state index in [1.807, 2.05) is 32.9 Å². The lowest BCUT2D eigenvalue weighted by Gasteiger charge is -2.20. The summed E-state index contributed by atoms with van der Waals surface area (Å²) in [5.41, 5.74) is 6.70. The summed E-state index contributed by atoms with van der Waals surface area (Å²) in [6, 6.07) is 5.46. The van der Waals surface area contributed by atoms with Gasteiger partial charge >= 0.3 is 5.97 Å². The molecule has 0 amide bonds. The Labute approximate surface area is 104 Å². The highest BCUT2D eigenvalue weighted by atomic mass is 79.9. The molecule has 0 radical (unpaired) electrons. The van der Waals surface area contributed by atoms with E-state index in [-0.39, 0.29) is 12.4 Å². The molecular formula is C12H16BrNO2. The Morgan fingerprint density at radius 2 is 2.06 bits per heavy atom. The van der Waals surface area contributed by atoms with Gasteiger partial charge in [-0.15, -0.1) is 0 Å². The molecule has 88 valence electrons. The van der Waals surface area contributed by atoms with Crippen LogP contribution in [0.4, 0.5) is 5.69 Å². The molecule has 0 spiro atoms. The molecule has 0 atom stereocenters. The molecule has 2 N–H and O–H groups in total. The van der Waals surface area contributed by atoms with Crippen molar-refractivity contribution in [1.29, 1.82) is 0 Å². The van der Waals surface area contributed by atoms with Gasteiger partial charge in [-0.2, -0.15) is 0 Å². The minimum atomic E-state index is -0.465. The van der Waals surface area contributed by atoms with E-state index in [0.29, 0.717) is 5.69 Å². The summed E-state index contributed by atoms with van der Waals surface area (Å²) < 4.78 is 6.07. The summed E-state index contributed by atoms with van der Waals surface area (Å²) in [6.07, 6.45) is 0.185. The van der Waals surface area contributed by atoms with Gasteiger partial charge in [0.15, 0.2) is 0 Å². The molecule has 1 aromatic rings. The van der Waals surface area contributed by atoms with Gasteiger partial charge in [-0.1, -0.05) is 22.0 Å². The molecule has 3 nitrogen and oxygen atoms in total. The maximum absolute atomic E-state index is 11.6. The first-order chi connectivity index (χ1) is 7.29. The molecule has 0 aliphatic heterocycles. The maximum atomic E-state index is 11.6. The highest BCUT2D eigenvalue weighted by Gasteiger charge is 2.18. The molecule has 1 rings (SSSR count). The second-order valence-electron chi connectivity index (χ2n) is 4.57. The van der Waals surface area contributed by atoms with Crippen molar-refractivity contribution in [1.82, 2.24) is 0 Å². The second-order valence-corrected chi connectivity index (χ2v) is 5.43. The highest BCUT2D eigenvalue weighted by molar-refractivity contribution is 9.10. The summed E-state index contributed by atoms with van der Waals surface area (Å²) in [7, 11) is 0. The SMILES string of the molecule is CC(C)(C)OC(=O)Cc1c(N)cccc1Br. The van der Waals surface area contributed by atoms with Crippen LogP contribution in [0.15, 0.2) is 22.7 Å². The molecule has 0 saturated heterocycles. The molecule has 4 heteroatoms. The quantitative estimate of drug-likeness (QED) is 0.671. The van der Waals surface area contributed by atoms with Gasteiger partial charge in [-0.05, 0) is 32.9 Å². The van der Waals surface area contributed by atoms with Gasteiger partial charge in [0.2, 0.25) is 0 Å². The maximum Gasteiger partial charge on any atom is 0.310 e. The third-order valence-corrected chi connectivity index (χ3v) is 2.64. The summed E-state index contributed by atoms with van der Waals surface area (Å²) in [5.74, 6) is -0.272. The molecule has 0 fully saturated rings. The minimum Gasteiger partial charge on any atom is -0.460 e. The summed E-state index contributed by atoms with van der Waals surface area (Å²) in [4.78, 5) is 11.6. The average molecular weight is 286 g/mol. The van der Waals surface area contributed by atoms with Gasteiger partial charge in [-0.3, -0.25) is 4.79 Å². The number of ether oxygens (including phenoxy) is 1. The largest absolute Gasteiger partial charge is 0.460 e. The number of carbonyl (C=O) groups is 1. The van der Waals surface area contributed by atoms with Gasteiger partial charge in [-0.25, -0.2) is 0 Å². The van der Waals surface area contributed by atoms with E-state index in [1.165, 1.54) is 0 Å². The molecule has 0 unspecified atom stereocenters. The predicted octanol–water partition coefficient (Wildman–Crippen LogP) is 2.92. The number of esters is 1. The fraction of sp³-hybridized carbons (Fsp3) is 0.417. The van der Waals surface area contributed by atoms with Crippen molar-refractivity contribution in [2.75, 3.05) is 5.73 Å². The fourth-order valence-electron chi connectivity index (χ4n) is 1.28. The zero-order chi connectivity index (χ0) is 12.3. The predicted molar refractivity (Wildman–Crippen MR) is 68.1 cm³/mol. The average Bonchev–Trinajstić information content (AvgIpc) is 2.08. The number of rotatable bonds is 2. The zero-order valence-electron chi connectivity index (χ0n) is 9.71. The lowest BCUT2D eigenvalue weighted by molar-refractivity contribution is -0.153. The minimum absolute atomic E-state index is 0.185. The highest BCUT2D eigenvalue weighted by Crippen LogP contribution is 2.23. The first-order valence-electron chi connectivity index (χ1n) is 5.04. The first kappa shape index (κ1) is 13.0. The van der Waals surface area contributed by atoms with Crippen LogP contribution in [0.25, 0.3) is 0 Å². The summed E-state index contributed by atoms with van der Waals surface area (Å²) >= 11 is 3.37. The van der Waals surface area contributed by atoms with Gasteiger partial charge in [0.05, 0.1) is 6.42 Å². The standard InChI is InChI=1S/C12H16BrNO2/c1-12(2,3)16-11(15)7-8-9(13)5-4-6-10(8)14/h4-6H,7,14H2,1-3H3. The molecule has 0 aliphatic carbocycles. The number of carbonyl (C=O) groups excluding carboxylic acids is 1. The second kappa shape index (κ2) is 4.87. The number of nitrogens with two attached hydrogens (primary N) is 1. The van der Waals surface area contributed by atoms with Crippen molar-refractivity contribution in [2.24, 2.45) is 0 Å². The number of benzene rings is 1. The molecule has 0 aromatic heterocycles. The Hall–Kier alpha value is -1.03. The van der Waals surface area contributed by atoms with Crippen LogP contribution in [0.5, 0.6) is 0 Å². The van der Waals surface area contributed by atoms with Crippen LogP contribution in [-0.2, 0) is 16.0 Å². The zero-order valence-corrected chi connectivity index (χ0v) is 11.3. The molecular weight excluding hydrogens is 270 g/mol. The smallest absolute Gasteiger partial charge is 0.310 e. The van der Waals surface area contributed by atoms with Crippen LogP contribution in [0.2, 0.25) is 0 Å². The van der Waals surface area contributed by atoms with Crippen LogP contribution in [0.1, 0.15) is 26.3 Å². The number of hydrogen-bond donors (Lipinski definition) is 1. The van der Waals surface area contributed by atoms with E-state index in [2.05, 4.69) is 15.9 Å². The van der Waals surface area contributed by atoms with Crippen molar-refractivity contribution in [3.8, 4) is 0 Å². The molecule has 0 bridgehead atoms. The number of hydrogen-bond acceptors (Lipinski definition) is 3. The third kappa shape index (κ3) is 3.85. The first-order valence-corrected chi connectivity index (χ1v) is 5.83. The molecule has 0 saturated carbocycles. The van der Waals surface area contributed by atoms with Crippen LogP contribution in [0.3, 0.4) is 0 Å². The molecule has 1 aromatic carbocycles. The van der Waals surface area contributed by atoms with E-state index in [4.69, 9.17) is 10.5 Å². The Morgan fingerprint density at radius 1 is 1.44 bits per heavy atom. The molecule has 0 aliphatic rings. The monoisotopic (exact) mass is 285 g/mol. The number of halogens is 1. The van der Waals surface area contributed by atoms with Crippen LogP contribution in [-0.4, -0.2) is 11.6 Å². The fourth-order valence-corrected chi connectivity index (χ4v) is 1.81. The van der Waals surface area contributed by atoms with E-state index in [1.54, 1.807) is 6.07 Å². The Balaban J connectivity index is 2.78. The van der Waals surface area contributed by atoms with Gasteiger partial charge in [0.25, 0.3) is 0 Å². The van der Waals surface area contributed by atoms with E-state index >= 15 is 0 Å². The van der Waals surface area contributed by atoms with E-state index in [0.717, 1.165) is 10.0 Å². The van der Waals surface area contributed by atoms with E-state index < -0.39 is 5.60 Å². The normalized spacial score (nSPS) is 11.2. The van der Waals surface area contributed by atoms with Crippen LogP contribution < -0.4 is 5.73 Å².